The van der Waals surface area contributed by atoms with E-state index in [1.165, 1.54) is 0 Å². The topological polar surface area (TPSA) is 88.8 Å². The minimum absolute atomic E-state index is 0.0905. The number of pyridine rings is 2. The number of nitrogens with zero attached hydrogens (tertiary/aromatic N) is 4. The summed E-state index contributed by atoms with van der Waals surface area (Å²) in [6.45, 7) is 9.96. The Morgan fingerprint density at radius 3 is 2.66 bits per heavy atom. The number of fused-ring (bicyclic) bond motifs is 1. The van der Waals surface area contributed by atoms with E-state index in [0.717, 1.165) is 35.6 Å². The van der Waals surface area contributed by atoms with Crippen molar-refractivity contribution in [1.82, 2.24) is 24.6 Å². The fourth-order valence-corrected chi connectivity index (χ4v) is 4.54. The molecule has 3 aromatic rings. The second-order valence-electron chi connectivity index (χ2n) is 10.5. The van der Waals surface area contributed by atoms with Gasteiger partial charge in [-0.2, -0.15) is 0 Å². The van der Waals surface area contributed by atoms with Gasteiger partial charge in [0, 0.05) is 30.9 Å². The van der Waals surface area contributed by atoms with E-state index in [0.29, 0.717) is 18.1 Å². The summed E-state index contributed by atoms with van der Waals surface area (Å²) in [6.07, 6.45) is 4.80. The first kappa shape index (κ1) is 25.0. The SMILES string of the molecule is CC(C)(C)OC(=O)NC(C)(C)C(=O)N1CCCC(c2cccc(-c3cnc4ccc(Cl)cn34)n2)C1. The summed E-state index contributed by atoms with van der Waals surface area (Å²) < 4.78 is 7.27. The highest BCUT2D eigenvalue weighted by atomic mass is 35.5. The smallest absolute Gasteiger partial charge is 0.408 e. The molecule has 1 unspecified atom stereocenters. The molecule has 4 heterocycles. The van der Waals surface area contributed by atoms with Crippen molar-refractivity contribution in [3.8, 4) is 11.4 Å². The third-order valence-electron chi connectivity index (χ3n) is 5.98. The number of halogens is 1. The van der Waals surface area contributed by atoms with E-state index >= 15 is 0 Å². The molecular formula is C26H32ClN5O3. The summed E-state index contributed by atoms with van der Waals surface area (Å²) in [5.74, 6) is -0.0478. The van der Waals surface area contributed by atoms with Crippen LogP contribution in [0.3, 0.4) is 0 Å². The first-order chi connectivity index (χ1) is 16.4. The van der Waals surface area contributed by atoms with Gasteiger partial charge in [-0.05, 0) is 71.7 Å². The molecule has 1 fully saturated rings. The predicted octanol–water partition coefficient (Wildman–Crippen LogP) is 5.06. The maximum absolute atomic E-state index is 13.3. The lowest BCUT2D eigenvalue weighted by atomic mass is 9.92. The summed E-state index contributed by atoms with van der Waals surface area (Å²) in [4.78, 5) is 36.8. The third-order valence-corrected chi connectivity index (χ3v) is 6.20. The molecule has 1 saturated heterocycles. The lowest BCUT2D eigenvalue weighted by Gasteiger charge is -2.38. The molecule has 0 saturated carbocycles. The van der Waals surface area contributed by atoms with E-state index < -0.39 is 17.2 Å². The van der Waals surface area contributed by atoms with Crippen molar-refractivity contribution >= 4 is 29.2 Å². The zero-order valence-corrected chi connectivity index (χ0v) is 21.6. The predicted molar refractivity (Wildman–Crippen MR) is 135 cm³/mol. The number of amides is 2. The quantitative estimate of drug-likeness (QED) is 0.544. The Morgan fingerprint density at radius 2 is 1.91 bits per heavy atom. The summed E-state index contributed by atoms with van der Waals surface area (Å²) >= 11 is 6.19. The Hall–Kier alpha value is -3.13. The highest BCUT2D eigenvalue weighted by molar-refractivity contribution is 6.30. The van der Waals surface area contributed by atoms with Crippen molar-refractivity contribution in [1.29, 1.82) is 0 Å². The van der Waals surface area contributed by atoms with Gasteiger partial charge < -0.3 is 15.0 Å². The maximum Gasteiger partial charge on any atom is 0.408 e. The molecule has 1 aliphatic heterocycles. The van der Waals surface area contributed by atoms with Gasteiger partial charge in [0.15, 0.2) is 0 Å². The Balaban J connectivity index is 1.51. The van der Waals surface area contributed by atoms with E-state index in [-0.39, 0.29) is 11.8 Å². The summed E-state index contributed by atoms with van der Waals surface area (Å²) in [7, 11) is 0. The normalized spacial score (nSPS) is 16.9. The van der Waals surface area contributed by atoms with Crippen LogP contribution in [0.25, 0.3) is 17.0 Å². The molecule has 1 atom stereocenters. The molecule has 4 rings (SSSR count). The number of hydrogen-bond donors (Lipinski definition) is 1. The highest BCUT2D eigenvalue weighted by Crippen LogP contribution is 2.29. The molecule has 8 nitrogen and oxygen atoms in total. The molecule has 0 aliphatic carbocycles. The zero-order valence-electron chi connectivity index (χ0n) is 20.8. The lowest BCUT2D eigenvalue weighted by Crippen LogP contribution is -2.58. The first-order valence-electron chi connectivity index (χ1n) is 11.8. The monoisotopic (exact) mass is 497 g/mol. The van der Waals surface area contributed by atoms with Gasteiger partial charge in [-0.3, -0.25) is 14.2 Å². The molecule has 186 valence electrons. The number of imidazole rings is 1. The van der Waals surface area contributed by atoms with Gasteiger partial charge in [0.05, 0.1) is 22.6 Å². The van der Waals surface area contributed by atoms with Crippen LogP contribution in [0.5, 0.6) is 0 Å². The first-order valence-corrected chi connectivity index (χ1v) is 12.2. The van der Waals surface area contributed by atoms with Crippen molar-refractivity contribution in [3.05, 3.63) is 53.4 Å². The van der Waals surface area contributed by atoms with Crippen molar-refractivity contribution in [2.24, 2.45) is 0 Å². The second kappa shape index (κ2) is 9.49. The fourth-order valence-electron chi connectivity index (χ4n) is 4.38. The number of aromatic nitrogens is 3. The van der Waals surface area contributed by atoms with Crippen LogP contribution in [0.15, 0.2) is 42.7 Å². The summed E-state index contributed by atoms with van der Waals surface area (Å²) in [6, 6.07) is 9.62. The largest absolute Gasteiger partial charge is 0.444 e. The number of carbonyl (C=O) groups is 2. The number of ether oxygens (including phenoxy) is 1. The van der Waals surface area contributed by atoms with E-state index in [1.807, 2.05) is 45.8 Å². The Kier molecular flexibility index (Phi) is 6.77. The van der Waals surface area contributed by atoms with Gasteiger partial charge in [-0.1, -0.05) is 17.7 Å². The van der Waals surface area contributed by atoms with Crippen LogP contribution >= 0.6 is 11.6 Å². The minimum atomic E-state index is -1.09. The van der Waals surface area contributed by atoms with E-state index in [1.54, 1.807) is 40.8 Å². The maximum atomic E-state index is 13.3. The standard InChI is InChI=1S/C26H32ClN5O3/c1-25(2,3)35-24(34)30-26(4,5)23(33)31-13-7-8-17(15-31)19-9-6-10-20(29-19)21-14-28-22-12-11-18(27)16-32(21)22/h6,9-12,14,16-17H,7-8,13,15H2,1-5H3,(H,30,34). The fraction of sp³-hybridized carbons (Fsp3) is 0.462. The number of carbonyl (C=O) groups excluding carboxylic acids is 2. The van der Waals surface area contributed by atoms with Gasteiger partial charge in [0.2, 0.25) is 5.91 Å². The van der Waals surface area contributed by atoms with Crippen LogP contribution in [0.1, 0.15) is 59.1 Å². The number of rotatable bonds is 4. The summed E-state index contributed by atoms with van der Waals surface area (Å²) in [5, 5.41) is 3.35. The minimum Gasteiger partial charge on any atom is -0.444 e. The third kappa shape index (κ3) is 5.75. The van der Waals surface area contributed by atoms with Crippen LogP contribution in [-0.2, 0) is 9.53 Å². The molecule has 3 aromatic heterocycles. The molecule has 0 aromatic carbocycles. The Bertz CT molecular complexity index is 1250. The number of likely N-dealkylation sites (tertiary alicyclic amines) is 1. The van der Waals surface area contributed by atoms with Crippen LogP contribution in [0, 0.1) is 0 Å². The van der Waals surface area contributed by atoms with Crippen LogP contribution in [0.4, 0.5) is 4.79 Å². The lowest BCUT2D eigenvalue weighted by molar-refractivity contribution is -0.138. The van der Waals surface area contributed by atoms with Crippen LogP contribution < -0.4 is 5.32 Å². The van der Waals surface area contributed by atoms with Crippen molar-refractivity contribution < 1.29 is 14.3 Å². The molecular weight excluding hydrogens is 466 g/mol. The second-order valence-corrected chi connectivity index (χ2v) is 10.9. The van der Waals surface area contributed by atoms with Crippen molar-refractivity contribution in [3.63, 3.8) is 0 Å². The molecule has 1 N–H and O–H groups in total. The van der Waals surface area contributed by atoms with Gasteiger partial charge >= 0.3 is 6.09 Å². The number of hydrogen-bond acceptors (Lipinski definition) is 5. The summed E-state index contributed by atoms with van der Waals surface area (Å²) in [5.41, 5.74) is 1.65. The molecule has 0 radical (unpaired) electrons. The molecule has 1 aliphatic rings. The van der Waals surface area contributed by atoms with E-state index in [2.05, 4.69) is 10.3 Å². The van der Waals surface area contributed by atoms with Gasteiger partial charge in [-0.25, -0.2) is 9.78 Å². The molecule has 0 bridgehead atoms. The number of nitrogens with one attached hydrogen (secondary N) is 1. The number of alkyl carbamates (subject to hydrolysis) is 1. The highest BCUT2D eigenvalue weighted by Gasteiger charge is 2.37. The van der Waals surface area contributed by atoms with Crippen molar-refractivity contribution in [2.45, 2.75) is 64.5 Å². The van der Waals surface area contributed by atoms with Crippen LogP contribution in [-0.4, -0.2) is 55.5 Å². The van der Waals surface area contributed by atoms with Gasteiger partial charge in [-0.15, -0.1) is 0 Å². The molecule has 0 spiro atoms. The Morgan fingerprint density at radius 1 is 1.14 bits per heavy atom. The number of piperidine rings is 1. The van der Waals surface area contributed by atoms with Gasteiger partial charge in [0.1, 0.15) is 16.8 Å². The average Bonchev–Trinajstić information content (AvgIpc) is 3.20. The zero-order chi connectivity index (χ0) is 25.4. The molecule has 2 amide bonds. The van der Waals surface area contributed by atoms with Gasteiger partial charge in [0.25, 0.3) is 0 Å². The van der Waals surface area contributed by atoms with Crippen molar-refractivity contribution in [2.75, 3.05) is 13.1 Å². The van der Waals surface area contributed by atoms with E-state index in [4.69, 9.17) is 21.3 Å². The van der Waals surface area contributed by atoms with Crippen LogP contribution in [0.2, 0.25) is 5.02 Å². The van der Waals surface area contributed by atoms with E-state index in [9.17, 15) is 9.59 Å². The molecule has 9 heteroatoms. The Labute approximate surface area is 210 Å². The molecule has 35 heavy (non-hydrogen) atoms. The average molecular weight is 498 g/mol.